The van der Waals surface area contributed by atoms with Crippen LogP contribution in [0.2, 0.25) is 0 Å². The molecule has 1 amide bonds. The molecule has 9 heteroatoms. The van der Waals surface area contributed by atoms with E-state index in [-0.39, 0.29) is 12.5 Å². The summed E-state index contributed by atoms with van der Waals surface area (Å²) < 4.78 is 11.2. The average Bonchev–Trinajstić information content (AvgIpc) is 3.31. The number of amides is 1. The predicted octanol–water partition coefficient (Wildman–Crippen LogP) is 13.4. The van der Waals surface area contributed by atoms with E-state index in [1.165, 1.54) is 212 Å². The Morgan fingerprint density at radius 1 is 0.508 bits per heavy atom. The number of unbranched alkanes of at least 4 members (excludes halogenated alkanes) is 36. The fourth-order valence-corrected chi connectivity index (χ4v) is 9.04. The van der Waals surface area contributed by atoms with Gasteiger partial charge in [-0.15, -0.1) is 0 Å². The third-order valence-electron chi connectivity index (χ3n) is 13.5. The highest BCUT2D eigenvalue weighted by atomic mass is 16.7. The smallest absolute Gasteiger partial charge is 0.220 e. The maximum Gasteiger partial charge on any atom is 0.220 e. The van der Waals surface area contributed by atoms with Crippen LogP contribution in [-0.2, 0) is 14.3 Å². The molecule has 1 saturated heterocycles. The number of carbonyl (C=O) groups excluding carboxylic acids is 1. The average molecular weight is 922 g/mol. The highest BCUT2D eigenvalue weighted by Gasteiger charge is 2.44. The number of allylic oxidation sites excluding steroid dienone is 3. The molecule has 6 N–H and O–H groups in total. The summed E-state index contributed by atoms with van der Waals surface area (Å²) in [6.07, 6.45) is 51.2. The van der Waals surface area contributed by atoms with Crippen LogP contribution >= 0.6 is 0 Å². The van der Waals surface area contributed by atoms with Gasteiger partial charge in [-0.3, -0.25) is 4.79 Å². The molecule has 9 nitrogen and oxygen atoms in total. The van der Waals surface area contributed by atoms with Crippen molar-refractivity contribution >= 4 is 5.91 Å². The number of aliphatic hydroxyl groups excluding tert-OH is 5. The van der Waals surface area contributed by atoms with Crippen LogP contribution in [-0.4, -0.2) is 87.5 Å². The van der Waals surface area contributed by atoms with Crippen LogP contribution < -0.4 is 5.32 Å². The third kappa shape index (κ3) is 36.3. The van der Waals surface area contributed by atoms with Crippen molar-refractivity contribution in [1.29, 1.82) is 0 Å². The van der Waals surface area contributed by atoms with Crippen LogP contribution in [0.5, 0.6) is 0 Å². The van der Waals surface area contributed by atoms with Crippen molar-refractivity contribution in [2.75, 3.05) is 13.2 Å². The fourth-order valence-electron chi connectivity index (χ4n) is 9.04. The van der Waals surface area contributed by atoms with Gasteiger partial charge in [-0.25, -0.2) is 0 Å². The molecule has 0 aliphatic carbocycles. The van der Waals surface area contributed by atoms with Gasteiger partial charge in [-0.1, -0.05) is 244 Å². The van der Waals surface area contributed by atoms with Gasteiger partial charge in [0.2, 0.25) is 5.91 Å². The van der Waals surface area contributed by atoms with Crippen LogP contribution in [0.15, 0.2) is 24.3 Å². The van der Waals surface area contributed by atoms with E-state index in [0.29, 0.717) is 6.42 Å². The van der Waals surface area contributed by atoms with Gasteiger partial charge in [-0.05, 0) is 44.9 Å². The molecule has 1 fully saturated rings. The van der Waals surface area contributed by atoms with E-state index in [1.54, 1.807) is 6.08 Å². The number of nitrogens with one attached hydrogen (secondary N) is 1. The highest BCUT2D eigenvalue weighted by Crippen LogP contribution is 2.23. The predicted molar refractivity (Wildman–Crippen MR) is 272 cm³/mol. The first-order valence-corrected chi connectivity index (χ1v) is 28.1. The molecule has 0 aromatic carbocycles. The van der Waals surface area contributed by atoms with E-state index >= 15 is 0 Å². The number of hydrogen-bond acceptors (Lipinski definition) is 8. The Labute approximate surface area is 400 Å². The highest BCUT2D eigenvalue weighted by molar-refractivity contribution is 5.76. The van der Waals surface area contributed by atoms with Crippen molar-refractivity contribution in [2.24, 2.45) is 0 Å². The lowest BCUT2D eigenvalue weighted by Gasteiger charge is -2.40. The van der Waals surface area contributed by atoms with Gasteiger partial charge in [0, 0.05) is 6.42 Å². The molecule has 1 rings (SSSR count). The Bertz CT molecular complexity index is 1070. The molecule has 0 radical (unpaired) electrons. The molecule has 384 valence electrons. The van der Waals surface area contributed by atoms with E-state index in [9.17, 15) is 30.3 Å². The molecule has 1 heterocycles. The van der Waals surface area contributed by atoms with E-state index in [1.807, 2.05) is 6.08 Å². The second kappa shape index (κ2) is 46.4. The van der Waals surface area contributed by atoms with Gasteiger partial charge in [0.05, 0.1) is 25.4 Å². The van der Waals surface area contributed by atoms with E-state index in [0.717, 1.165) is 38.5 Å². The number of carbonyl (C=O) groups is 1. The summed E-state index contributed by atoms with van der Waals surface area (Å²) in [6.45, 7) is 3.78. The molecule has 0 bridgehead atoms. The fraction of sp³-hybridized carbons (Fsp3) is 0.911. The molecular weight excluding hydrogens is 815 g/mol. The maximum absolute atomic E-state index is 13.0. The second-order valence-electron chi connectivity index (χ2n) is 19.7. The molecule has 7 unspecified atom stereocenters. The number of ether oxygens (including phenoxy) is 2. The minimum atomic E-state index is -1.56. The lowest BCUT2D eigenvalue weighted by Crippen LogP contribution is -2.60. The van der Waals surface area contributed by atoms with Crippen molar-refractivity contribution in [3.8, 4) is 0 Å². The number of aliphatic hydroxyl groups is 5. The van der Waals surface area contributed by atoms with Crippen molar-refractivity contribution in [3.63, 3.8) is 0 Å². The molecule has 0 aromatic rings. The van der Waals surface area contributed by atoms with E-state index in [2.05, 4.69) is 31.3 Å². The van der Waals surface area contributed by atoms with Gasteiger partial charge in [0.25, 0.3) is 0 Å². The quantitative estimate of drug-likeness (QED) is 0.0261. The van der Waals surface area contributed by atoms with Crippen LogP contribution in [0.25, 0.3) is 0 Å². The Morgan fingerprint density at radius 3 is 1.25 bits per heavy atom. The first-order valence-electron chi connectivity index (χ1n) is 28.1. The summed E-state index contributed by atoms with van der Waals surface area (Å²) in [5.74, 6) is -0.174. The van der Waals surface area contributed by atoms with Crippen molar-refractivity contribution in [3.05, 3.63) is 24.3 Å². The van der Waals surface area contributed by atoms with Gasteiger partial charge in [0.1, 0.15) is 24.4 Å². The van der Waals surface area contributed by atoms with Gasteiger partial charge < -0.3 is 40.3 Å². The number of hydrogen-bond donors (Lipinski definition) is 6. The summed E-state index contributed by atoms with van der Waals surface area (Å²) in [7, 11) is 0. The zero-order valence-electron chi connectivity index (χ0n) is 42.5. The van der Waals surface area contributed by atoms with Gasteiger partial charge >= 0.3 is 0 Å². The molecule has 65 heavy (non-hydrogen) atoms. The van der Waals surface area contributed by atoms with Crippen molar-refractivity contribution in [1.82, 2.24) is 5.32 Å². The largest absolute Gasteiger partial charge is 0.394 e. The molecule has 1 aliphatic rings. The molecule has 0 saturated carbocycles. The van der Waals surface area contributed by atoms with Gasteiger partial charge in [-0.2, -0.15) is 0 Å². The summed E-state index contributed by atoms with van der Waals surface area (Å²) in [5.41, 5.74) is 0. The summed E-state index contributed by atoms with van der Waals surface area (Å²) in [4.78, 5) is 13.0. The van der Waals surface area contributed by atoms with Crippen LogP contribution in [0.4, 0.5) is 0 Å². The Morgan fingerprint density at radius 2 is 0.862 bits per heavy atom. The van der Waals surface area contributed by atoms with E-state index in [4.69, 9.17) is 9.47 Å². The summed E-state index contributed by atoms with van der Waals surface area (Å²) in [6, 6.07) is -0.800. The molecule has 7 atom stereocenters. The Kier molecular flexibility index (Phi) is 44.0. The van der Waals surface area contributed by atoms with Crippen molar-refractivity contribution in [2.45, 2.75) is 314 Å². The van der Waals surface area contributed by atoms with Crippen LogP contribution in [0.3, 0.4) is 0 Å². The monoisotopic (exact) mass is 922 g/mol. The lowest BCUT2D eigenvalue weighted by atomic mass is 9.99. The van der Waals surface area contributed by atoms with Crippen molar-refractivity contribution < 1.29 is 39.8 Å². The normalized spacial score (nSPS) is 20.0. The first kappa shape index (κ1) is 61.7. The third-order valence-corrected chi connectivity index (χ3v) is 13.5. The van der Waals surface area contributed by atoms with Gasteiger partial charge in [0.15, 0.2) is 6.29 Å². The maximum atomic E-state index is 13.0. The molecule has 0 aromatic heterocycles. The van der Waals surface area contributed by atoms with Crippen LogP contribution in [0.1, 0.15) is 271 Å². The molecule has 1 aliphatic heterocycles. The SMILES string of the molecule is CCCCCCCCCC/C=C\CCCCCCCCCCCCCCCCCCCCCC(=O)NC(COC1OC(CO)C(O)C(O)C1O)C(O)/C=C/CCCCCCCCCCC. The standard InChI is InChI=1S/C56H107NO8/c1-3-5-7-9-11-13-15-16-17-18-19-20-21-22-23-24-25-26-27-28-29-30-31-32-33-34-36-38-40-42-44-46-52(60)57-49(48-64-56-55(63)54(62)53(61)51(47-58)65-56)50(59)45-43-41-39-37-35-14-12-10-8-6-4-2/h18-19,43,45,49-51,53-56,58-59,61-63H,3-17,20-42,44,46-48H2,1-2H3,(H,57,60)/b19-18-,45-43+. The number of rotatable bonds is 48. The van der Waals surface area contributed by atoms with Crippen LogP contribution in [0, 0.1) is 0 Å². The topological polar surface area (TPSA) is 149 Å². The summed E-state index contributed by atoms with van der Waals surface area (Å²) in [5, 5.41) is 54.3. The Hall–Kier alpha value is -1.33. The first-order chi connectivity index (χ1) is 31.8. The second-order valence-corrected chi connectivity index (χ2v) is 19.7. The molecular formula is C56H107NO8. The zero-order chi connectivity index (χ0) is 47.3. The minimum absolute atomic E-state index is 0.174. The minimum Gasteiger partial charge on any atom is -0.394 e. The Balaban J connectivity index is 2.10. The van der Waals surface area contributed by atoms with E-state index < -0.39 is 49.5 Å². The summed E-state index contributed by atoms with van der Waals surface area (Å²) >= 11 is 0. The zero-order valence-corrected chi connectivity index (χ0v) is 42.5. The lowest BCUT2D eigenvalue weighted by molar-refractivity contribution is -0.302. The molecule has 0 spiro atoms.